The molecule has 1 spiro atoms. The largest absolute Gasteiger partial charge is 0.449 e. The molecular formula is C13H24N2O2. The summed E-state index contributed by atoms with van der Waals surface area (Å²) in [5, 5.41) is 0. The van der Waals surface area contributed by atoms with Crippen molar-refractivity contribution < 1.29 is 9.53 Å². The number of likely N-dealkylation sites (tertiary alicyclic amines) is 1. The highest BCUT2D eigenvalue weighted by Crippen LogP contribution is 2.43. The van der Waals surface area contributed by atoms with Crippen LogP contribution in [-0.2, 0) is 4.74 Å². The third-order valence-corrected chi connectivity index (χ3v) is 4.13. The molecule has 0 aromatic carbocycles. The fourth-order valence-electron chi connectivity index (χ4n) is 2.86. The number of unbranched alkanes of at least 4 members (excludes halogenated alkanes) is 1. The molecule has 1 heterocycles. The van der Waals surface area contributed by atoms with Gasteiger partial charge in [0.15, 0.2) is 0 Å². The van der Waals surface area contributed by atoms with E-state index < -0.39 is 0 Å². The molecule has 2 rings (SSSR count). The van der Waals surface area contributed by atoms with E-state index in [0.717, 1.165) is 38.8 Å². The second-order valence-electron chi connectivity index (χ2n) is 5.66. The Hall–Kier alpha value is -0.770. The monoisotopic (exact) mass is 240 g/mol. The summed E-state index contributed by atoms with van der Waals surface area (Å²) in [5.74, 6) is 0. The Balaban J connectivity index is 1.69. The van der Waals surface area contributed by atoms with Crippen molar-refractivity contribution in [3.8, 4) is 0 Å². The van der Waals surface area contributed by atoms with E-state index in [4.69, 9.17) is 10.5 Å². The van der Waals surface area contributed by atoms with Crippen LogP contribution in [0.15, 0.2) is 0 Å². The Labute approximate surface area is 103 Å². The summed E-state index contributed by atoms with van der Waals surface area (Å²) >= 11 is 0. The second kappa shape index (κ2) is 5.25. The van der Waals surface area contributed by atoms with E-state index in [9.17, 15) is 4.79 Å². The van der Waals surface area contributed by atoms with Crippen molar-refractivity contribution in [2.45, 2.75) is 51.5 Å². The molecule has 98 valence electrons. The number of carbonyl (C=O) groups excluding carboxylic acids is 1. The van der Waals surface area contributed by atoms with E-state index in [0.29, 0.717) is 18.1 Å². The zero-order chi connectivity index (χ0) is 12.3. The lowest BCUT2D eigenvalue weighted by atomic mass is 9.68. The van der Waals surface area contributed by atoms with Crippen LogP contribution in [0.1, 0.15) is 45.4 Å². The van der Waals surface area contributed by atoms with Crippen LogP contribution in [0.4, 0.5) is 4.79 Å². The first-order valence-electron chi connectivity index (χ1n) is 6.82. The Morgan fingerprint density at radius 3 is 2.65 bits per heavy atom. The number of nitrogens with two attached hydrogens (primary N) is 1. The first kappa shape index (κ1) is 12.7. The minimum absolute atomic E-state index is 0.126. The van der Waals surface area contributed by atoms with Crippen LogP contribution in [0.5, 0.6) is 0 Å². The van der Waals surface area contributed by atoms with Crippen LogP contribution in [0.25, 0.3) is 0 Å². The molecule has 17 heavy (non-hydrogen) atoms. The van der Waals surface area contributed by atoms with Crippen molar-refractivity contribution in [2.75, 3.05) is 19.7 Å². The van der Waals surface area contributed by atoms with Gasteiger partial charge in [-0.2, -0.15) is 0 Å². The van der Waals surface area contributed by atoms with Crippen LogP contribution in [-0.4, -0.2) is 36.7 Å². The van der Waals surface area contributed by atoms with Crippen molar-refractivity contribution in [3.63, 3.8) is 0 Å². The molecule has 0 radical (unpaired) electrons. The zero-order valence-corrected chi connectivity index (χ0v) is 10.8. The number of hydrogen-bond acceptors (Lipinski definition) is 3. The highest BCUT2D eigenvalue weighted by molar-refractivity contribution is 5.69. The number of amides is 1. The molecule has 0 aromatic rings. The lowest BCUT2D eigenvalue weighted by Gasteiger charge is -2.52. The van der Waals surface area contributed by atoms with Gasteiger partial charge in [-0.15, -0.1) is 0 Å². The number of ether oxygens (including phenoxy) is 1. The normalized spacial score (nSPS) is 23.5. The van der Waals surface area contributed by atoms with Crippen LogP contribution in [0.3, 0.4) is 0 Å². The summed E-state index contributed by atoms with van der Waals surface area (Å²) in [6.07, 6.45) is 6.46. The van der Waals surface area contributed by atoms with E-state index in [-0.39, 0.29) is 6.09 Å². The summed E-state index contributed by atoms with van der Waals surface area (Å²) in [6, 6.07) is 0.381. The number of hydrogen-bond donors (Lipinski definition) is 1. The van der Waals surface area contributed by atoms with Gasteiger partial charge in [-0.3, -0.25) is 0 Å². The average Bonchev–Trinajstić information content (AvgIpc) is 2.27. The summed E-state index contributed by atoms with van der Waals surface area (Å²) in [6.45, 7) is 4.41. The van der Waals surface area contributed by atoms with Crippen molar-refractivity contribution in [1.29, 1.82) is 0 Å². The van der Waals surface area contributed by atoms with Gasteiger partial charge < -0.3 is 15.4 Å². The fraction of sp³-hybridized carbons (Fsp3) is 0.923. The molecule has 0 atom stereocenters. The molecule has 1 aliphatic carbocycles. The van der Waals surface area contributed by atoms with E-state index >= 15 is 0 Å². The first-order valence-corrected chi connectivity index (χ1v) is 6.82. The van der Waals surface area contributed by atoms with Gasteiger partial charge in [-0.1, -0.05) is 13.3 Å². The van der Waals surface area contributed by atoms with Crippen molar-refractivity contribution in [2.24, 2.45) is 11.1 Å². The third kappa shape index (κ3) is 2.92. The minimum atomic E-state index is -0.126. The third-order valence-electron chi connectivity index (χ3n) is 4.13. The Kier molecular flexibility index (Phi) is 3.92. The summed E-state index contributed by atoms with van der Waals surface area (Å²) in [4.78, 5) is 13.5. The number of rotatable bonds is 3. The van der Waals surface area contributed by atoms with Crippen molar-refractivity contribution in [1.82, 2.24) is 4.90 Å². The predicted octanol–water partition coefficient (Wildman–Crippen LogP) is 2.13. The van der Waals surface area contributed by atoms with E-state index in [2.05, 4.69) is 6.92 Å². The number of nitrogens with zero attached hydrogens (tertiary/aromatic N) is 1. The molecule has 0 aromatic heterocycles. The SMILES string of the molecule is CCCCOC(=O)N1CC2(CCC(N)CC2)C1. The molecule has 1 saturated carbocycles. The summed E-state index contributed by atoms with van der Waals surface area (Å²) in [7, 11) is 0. The summed E-state index contributed by atoms with van der Waals surface area (Å²) < 4.78 is 5.20. The molecule has 1 aliphatic heterocycles. The van der Waals surface area contributed by atoms with E-state index in [1.54, 1.807) is 0 Å². The predicted molar refractivity (Wildman–Crippen MR) is 66.7 cm³/mol. The molecule has 1 saturated heterocycles. The zero-order valence-electron chi connectivity index (χ0n) is 10.8. The fourth-order valence-corrected chi connectivity index (χ4v) is 2.86. The molecule has 0 bridgehead atoms. The van der Waals surface area contributed by atoms with E-state index in [1.165, 1.54) is 12.8 Å². The molecular weight excluding hydrogens is 216 g/mol. The van der Waals surface area contributed by atoms with Gasteiger partial charge in [0, 0.05) is 24.5 Å². The van der Waals surface area contributed by atoms with Crippen LogP contribution < -0.4 is 5.73 Å². The molecule has 2 N–H and O–H groups in total. The lowest BCUT2D eigenvalue weighted by Crippen LogP contribution is -2.60. The van der Waals surface area contributed by atoms with Gasteiger partial charge >= 0.3 is 6.09 Å². The Morgan fingerprint density at radius 2 is 2.06 bits per heavy atom. The molecule has 4 nitrogen and oxygen atoms in total. The first-order chi connectivity index (χ1) is 8.15. The minimum Gasteiger partial charge on any atom is -0.449 e. The van der Waals surface area contributed by atoms with Gasteiger partial charge in [0.2, 0.25) is 0 Å². The van der Waals surface area contributed by atoms with Crippen molar-refractivity contribution >= 4 is 6.09 Å². The molecule has 2 aliphatic rings. The molecule has 4 heteroatoms. The highest BCUT2D eigenvalue weighted by atomic mass is 16.6. The molecule has 0 unspecified atom stereocenters. The maximum Gasteiger partial charge on any atom is 0.409 e. The Bertz CT molecular complexity index is 265. The smallest absolute Gasteiger partial charge is 0.409 e. The standard InChI is InChI=1S/C13H24N2O2/c1-2-3-8-17-12(16)15-9-13(10-15)6-4-11(14)5-7-13/h11H,2-10,14H2,1H3. The van der Waals surface area contributed by atoms with Crippen LogP contribution >= 0.6 is 0 Å². The quantitative estimate of drug-likeness (QED) is 0.769. The van der Waals surface area contributed by atoms with Crippen LogP contribution in [0, 0.1) is 5.41 Å². The number of carbonyl (C=O) groups is 1. The average molecular weight is 240 g/mol. The van der Waals surface area contributed by atoms with E-state index in [1.807, 2.05) is 4.90 Å². The second-order valence-corrected chi connectivity index (χ2v) is 5.66. The maximum atomic E-state index is 11.7. The van der Waals surface area contributed by atoms with Gasteiger partial charge in [-0.05, 0) is 32.1 Å². The van der Waals surface area contributed by atoms with Crippen molar-refractivity contribution in [3.05, 3.63) is 0 Å². The van der Waals surface area contributed by atoms with Gasteiger partial charge in [0.25, 0.3) is 0 Å². The molecule has 1 amide bonds. The molecule has 2 fully saturated rings. The summed E-state index contributed by atoms with van der Waals surface area (Å²) in [5.41, 5.74) is 6.28. The topological polar surface area (TPSA) is 55.6 Å². The van der Waals surface area contributed by atoms with Gasteiger partial charge in [0.05, 0.1) is 6.61 Å². The van der Waals surface area contributed by atoms with Gasteiger partial charge in [0.1, 0.15) is 0 Å². The highest BCUT2D eigenvalue weighted by Gasteiger charge is 2.46. The lowest BCUT2D eigenvalue weighted by molar-refractivity contribution is -0.0282. The maximum absolute atomic E-state index is 11.7. The Morgan fingerprint density at radius 1 is 1.41 bits per heavy atom. The van der Waals surface area contributed by atoms with Crippen LogP contribution in [0.2, 0.25) is 0 Å². The van der Waals surface area contributed by atoms with Gasteiger partial charge in [-0.25, -0.2) is 4.79 Å².